The highest BCUT2D eigenvalue weighted by Crippen LogP contribution is 2.38. The average Bonchev–Trinajstić information content (AvgIpc) is 3.20. The Bertz CT molecular complexity index is 421. The zero-order valence-corrected chi connectivity index (χ0v) is 12.4. The van der Waals surface area contributed by atoms with E-state index in [4.69, 9.17) is 10.3 Å². The number of hydrogen-bond acceptors (Lipinski definition) is 5. The molecule has 1 heterocycles. The number of rotatable bonds is 6. The van der Waals surface area contributed by atoms with Crippen LogP contribution in [0, 0.1) is 0 Å². The zero-order valence-electron chi connectivity index (χ0n) is 12.4. The molecule has 2 aliphatic carbocycles. The first-order valence-corrected chi connectivity index (χ1v) is 8.08. The van der Waals surface area contributed by atoms with Crippen molar-refractivity contribution in [2.24, 2.45) is 5.73 Å². The molecule has 0 amide bonds. The van der Waals surface area contributed by atoms with Crippen molar-refractivity contribution in [1.82, 2.24) is 15.0 Å². The second-order valence-electron chi connectivity index (χ2n) is 6.36. The minimum absolute atomic E-state index is 0.402. The number of nitrogens with zero attached hydrogens (tertiary/aromatic N) is 3. The molecule has 5 nitrogen and oxygen atoms in total. The van der Waals surface area contributed by atoms with Crippen molar-refractivity contribution in [1.29, 1.82) is 0 Å². The molecule has 2 aliphatic rings. The van der Waals surface area contributed by atoms with Crippen LogP contribution in [-0.2, 0) is 6.54 Å². The third-order valence-electron chi connectivity index (χ3n) is 4.53. The molecule has 0 aliphatic heterocycles. The van der Waals surface area contributed by atoms with E-state index >= 15 is 0 Å². The van der Waals surface area contributed by atoms with E-state index in [9.17, 15) is 0 Å². The van der Waals surface area contributed by atoms with E-state index < -0.39 is 0 Å². The molecule has 1 aromatic heterocycles. The fourth-order valence-electron chi connectivity index (χ4n) is 3.16. The summed E-state index contributed by atoms with van der Waals surface area (Å²) in [6, 6.07) is 1.03. The van der Waals surface area contributed by atoms with E-state index in [1.54, 1.807) is 0 Å². The largest absolute Gasteiger partial charge is 0.338 e. The lowest BCUT2D eigenvalue weighted by molar-refractivity contribution is 0.126. The normalized spacial score (nSPS) is 27.1. The van der Waals surface area contributed by atoms with E-state index in [2.05, 4.69) is 22.0 Å². The van der Waals surface area contributed by atoms with Gasteiger partial charge in [-0.3, -0.25) is 4.90 Å². The molecule has 0 aromatic carbocycles. The second kappa shape index (κ2) is 6.22. The predicted octanol–water partition coefficient (Wildman–Crippen LogP) is 2.43. The van der Waals surface area contributed by atoms with Gasteiger partial charge in [-0.25, -0.2) is 0 Å². The molecule has 0 bridgehead atoms. The Morgan fingerprint density at radius 2 is 1.95 bits per heavy atom. The van der Waals surface area contributed by atoms with Gasteiger partial charge in [0.2, 0.25) is 5.89 Å². The molecular formula is C15H26N4O. The smallest absolute Gasteiger partial charge is 0.240 e. The Hall–Kier alpha value is -0.940. The summed E-state index contributed by atoms with van der Waals surface area (Å²) in [4.78, 5) is 7.07. The van der Waals surface area contributed by atoms with Crippen molar-refractivity contribution in [3.8, 4) is 0 Å². The van der Waals surface area contributed by atoms with Crippen LogP contribution in [0.4, 0.5) is 0 Å². The van der Waals surface area contributed by atoms with Crippen molar-refractivity contribution < 1.29 is 4.52 Å². The van der Waals surface area contributed by atoms with Crippen molar-refractivity contribution in [2.75, 3.05) is 6.54 Å². The first-order chi connectivity index (χ1) is 9.76. The summed E-state index contributed by atoms with van der Waals surface area (Å²) in [6.45, 7) is 4.12. The van der Waals surface area contributed by atoms with Gasteiger partial charge in [-0.15, -0.1) is 0 Å². The van der Waals surface area contributed by atoms with Crippen molar-refractivity contribution in [3.05, 3.63) is 11.7 Å². The number of hydrogen-bond donors (Lipinski definition) is 1. The lowest BCUT2D eigenvalue weighted by Gasteiger charge is -2.35. The van der Waals surface area contributed by atoms with Crippen LogP contribution in [0.25, 0.3) is 0 Å². The zero-order chi connectivity index (χ0) is 13.9. The summed E-state index contributed by atoms with van der Waals surface area (Å²) < 4.78 is 5.43. The molecule has 0 spiro atoms. The Balaban J connectivity index is 1.60. The van der Waals surface area contributed by atoms with Gasteiger partial charge in [0.05, 0.1) is 6.54 Å². The van der Waals surface area contributed by atoms with E-state index in [-0.39, 0.29) is 0 Å². The SMILES string of the molecule is CCCN(Cc1nc(C2CC2)no1)C1CCC(N)CC1. The highest BCUT2D eigenvalue weighted by molar-refractivity contribution is 5.03. The van der Waals surface area contributed by atoms with Crippen LogP contribution in [0.2, 0.25) is 0 Å². The van der Waals surface area contributed by atoms with E-state index in [0.717, 1.165) is 44.1 Å². The molecular weight excluding hydrogens is 252 g/mol. The highest BCUT2D eigenvalue weighted by Gasteiger charge is 2.30. The van der Waals surface area contributed by atoms with Gasteiger partial charge in [-0.05, 0) is 51.5 Å². The second-order valence-corrected chi connectivity index (χ2v) is 6.36. The molecule has 2 fully saturated rings. The van der Waals surface area contributed by atoms with Crippen molar-refractivity contribution in [3.63, 3.8) is 0 Å². The van der Waals surface area contributed by atoms with Crippen LogP contribution in [0.5, 0.6) is 0 Å². The first kappa shape index (κ1) is 14.0. The maximum Gasteiger partial charge on any atom is 0.240 e. The van der Waals surface area contributed by atoms with Gasteiger partial charge in [0, 0.05) is 18.0 Å². The highest BCUT2D eigenvalue weighted by atomic mass is 16.5. The average molecular weight is 278 g/mol. The molecule has 1 aromatic rings. The fourth-order valence-corrected chi connectivity index (χ4v) is 3.16. The van der Waals surface area contributed by atoms with Gasteiger partial charge in [0.15, 0.2) is 5.82 Å². The molecule has 0 unspecified atom stereocenters. The van der Waals surface area contributed by atoms with Gasteiger partial charge in [-0.1, -0.05) is 12.1 Å². The summed E-state index contributed by atoms with van der Waals surface area (Å²) >= 11 is 0. The minimum Gasteiger partial charge on any atom is -0.338 e. The van der Waals surface area contributed by atoms with E-state index in [0.29, 0.717) is 18.0 Å². The summed E-state index contributed by atoms with van der Waals surface area (Å²) in [5.74, 6) is 2.28. The first-order valence-electron chi connectivity index (χ1n) is 8.08. The maximum absolute atomic E-state index is 6.01. The van der Waals surface area contributed by atoms with Gasteiger partial charge < -0.3 is 10.3 Å². The molecule has 20 heavy (non-hydrogen) atoms. The maximum atomic E-state index is 6.01. The number of aromatic nitrogens is 2. The topological polar surface area (TPSA) is 68.2 Å². The Morgan fingerprint density at radius 3 is 2.60 bits per heavy atom. The summed E-state index contributed by atoms with van der Waals surface area (Å²) in [7, 11) is 0. The lowest BCUT2D eigenvalue weighted by atomic mass is 9.90. The van der Waals surface area contributed by atoms with E-state index in [1.807, 2.05) is 0 Å². The van der Waals surface area contributed by atoms with Crippen molar-refractivity contribution in [2.45, 2.75) is 76.4 Å². The van der Waals surface area contributed by atoms with Crippen molar-refractivity contribution >= 4 is 0 Å². The monoisotopic (exact) mass is 278 g/mol. The van der Waals surface area contributed by atoms with E-state index in [1.165, 1.54) is 25.7 Å². The summed E-state index contributed by atoms with van der Waals surface area (Å²) in [5, 5.41) is 4.12. The van der Waals surface area contributed by atoms with Crippen LogP contribution in [0.15, 0.2) is 4.52 Å². The fraction of sp³-hybridized carbons (Fsp3) is 0.867. The molecule has 3 rings (SSSR count). The summed E-state index contributed by atoms with van der Waals surface area (Å²) in [6.07, 6.45) is 8.28. The van der Waals surface area contributed by atoms with Gasteiger partial charge >= 0.3 is 0 Å². The molecule has 5 heteroatoms. The molecule has 112 valence electrons. The van der Waals surface area contributed by atoms with Gasteiger partial charge in [0.25, 0.3) is 0 Å². The van der Waals surface area contributed by atoms with Crippen LogP contribution in [0.1, 0.15) is 69.5 Å². The molecule has 0 radical (unpaired) electrons. The van der Waals surface area contributed by atoms with Gasteiger partial charge in [0.1, 0.15) is 0 Å². The lowest BCUT2D eigenvalue weighted by Crippen LogP contribution is -2.40. The molecule has 0 atom stereocenters. The van der Waals surface area contributed by atoms with Crippen LogP contribution >= 0.6 is 0 Å². The number of nitrogens with two attached hydrogens (primary N) is 1. The Morgan fingerprint density at radius 1 is 1.20 bits per heavy atom. The third-order valence-corrected chi connectivity index (χ3v) is 4.53. The minimum atomic E-state index is 0.402. The molecule has 2 N–H and O–H groups in total. The Labute approximate surface area is 120 Å². The van der Waals surface area contributed by atoms with Crippen LogP contribution in [0.3, 0.4) is 0 Å². The Kier molecular flexibility index (Phi) is 4.36. The van der Waals surface area contributed by atoms with Gasteiger partial charge in [-0.2, -0.15) is 4.98 Å². The summed E-state index contributed by atoms with van der Waals surface area (Å²) in [5.41, 5.74) is 6.01. The van der Waals surface area contributed by atoms with Crippen LogP contribution < -0.4 is 5.73 Å². The molecule has 2 saturated carbocycles. The quantitative estimate of drug-likeness (QED) is 0.865. The van der Waals surface area contributed by atoms with Crippen LogP contribution in [-0.4, -0.2) is 33.7 Å². The standard InChI is InChI=1S/C15H26N4O/c1-2-9-19(13-7-5-12(16)6-8-13)10-14-17-15(18-20-14)11-3-4-11/h11-13H,2-10,16H2,1H3. The predicted molar refractivity (Wildman–Crippen MR) is 77.2 cm³/mol. The molecule has 0 saturated heterocycles. The third kappa shape index (κ3) is 3.38.